The third-order valence-corrected chi connectivity index (χ3v) is 4.89. The maximum absolute atomic E-state index is 12.9. The van der Waals surface area contributed by atoms with Crippen LogP contribution in [-0.2, 0) is 5.41 Å². The molecule has 1 saturated heterocycles. The van der Waals surface area contributed by atoms with Crippen molar-refractivity contribution in [2.24, 2.45) is 11.1 Å². The zero-order chi connectivity index (χ0) is 17.7. The fraction of sp³-hybridized carbons (Fsp3) is 0.611. The Balaban J connectivity index is 1.93. The zero-order valence-corrected chi connectivity index (χ0v) is 15.1. The van der Waals surface area contributed by atoms with Gasteiger partial charge in [-0.25, -0.2) is 4.98 Å². The molecule has 0 aromatic carbocycles. The molecule has 3 heterocycles. The number of rotatable bonds is 1. The zero-order valence-electron chi connectivity index (χ0n) is 15.1. The van der Waals surface area contributed by atoms with Gasteiger partial charge in [0.15, 0.2) is 0 Å². The highest BCUT2D eigenvalue weighted by Gasteiger charge is 2.36. The molecule has 0 radical (unpaired) electrons. The average Bonchev–Trinajstić information content (AvgIpc) is 2.92. The summed E-state index contributed by atoms with van der Waals surface area (Å²) in [5, 5.41) is 4.94. The van der Waals surface area contributed by atoms with Gasteiger partial charge in [0.05, 0.1) is 16.6 Å². The molecule has 0 saturated carbocycles. The molecule has 1 aliphatic rings. The standard InChI is InChI=1S/C18H26N4O2/c1-17(2,3)14-12-8-11(9-20-15(12)24-21-14)16(23)22-7-6-13(19)18(4,5)10-22/h8-9,13H,6-7,10,19H2,1-5H3. The first-order chi connectivity index (χ1) is 11.1. The van der Waals surface area contributed by atoms with Gasteiger partial charge < -0.3 is 15.2 Å². The SMILES string of the molecule is CC(C)(C)c1noc2ncc(C(=O)N3CCC(N)C(C)(C)C3)cc12. The number of nitrogens with two attached hydrogens (primary N) is 1. The molecule has 1 unspecified atom stereocenters. The van der Waals surface area contributed by atoms with Crippen LogP contribution in [0.1, 0.15) is 57.1 Å². The first-order valence-electron chi connectivity index (χ1n) is 8.40. The maximum Gasteiger partial charge on any atom is 0.257 e. The molecule has 1 atom stereocenters. The minimum absolute atomic E-state index is 0.00886. The summed E-state index contributed by atoms with van der Waals surface area (Å²) in [6, 6.07) is 1.97. The van der Waals surface area contributed by atoms with E-state index < -0.39 is 0 Å². The number of carbonyl (C=O) groups is 1. The maximum atomic E-state index is 12.9. The predicted octanol–water partition coefficient (Wildman–Crippen LogP) is 2.72. The number of piperidine rings is 1. The van der Waals surface area contributed by atoms with Crippen LogP contribution in [-0.4, -0.2) is 40.1 Å². The van der Waals surface area contributed by atoms with Crippen molar-refractivity contribution in [3.8, 4) is 0 Å². The van der Waals surface area contributed by atoms with Gasteiger partial charge in [-0.3, -0.25) is 4.79 Å². The van der Waals surface area contributed by atoms with Crippen LogP contribution in [0.3, 0.4) is 0 Å². The van der Waals surface area contributed by atoms with E-state index in [1.165, 1.54) is 0 Å². The summed E-state index contributed by atoms with van der Waals surface area (Å²) in [4.78, 5) is 19.1. The van der Waals surface area contributed by atoms with Crippen LogP contribution >= 0.6 is 0 Å². The van der Waals surface area contributed by atoms with Crippen LogP contribution < -0.4 is 5.73 Å². The first kappa shape index (κ1) is 16.9. The van der Waals surface area contributed by atoms with Gasteiger partial charge in [-0.15, -0.1) is 0 Å². The monoisotopic (exact) mass is 330 g/mol. The van der Waals surface area contributed by atoms with Crippen molar-refractivity contribution in [1.29, 1.82) is 0 Å². The number of amides is 1. The van der Waals surface area contributed by atoms with E-state index in [4.69, 9.17) is 10.3 Å². The van der Waals surface area contributed by atoms with Gasteiger partial charge in [0.2, 0.25) is 0 Å². The van der Waals surface area contributed by atoms with E-state index in [-0.39, 0.29) is 22.8 Å². The number of fused-ring (bicyclic) bond motifs is 1. The van der Waals surface area contributed by atoms with Crippen LogP contribution in [0.5, 0.6) is 0 Å². The highest BCUT2D eigenvalue weighted by Crippen LogP contribution is 2.31. The second-order valence-corrected chi connectivity index (χ2v) is 8.47. The van der Waals surface area contributed by atoms with Gasteiger partial charge in [0.1, 0.15) is 0 Å². The number of hydrogen-bond donors (Lipinski definition) is 1. The third kappa shape index (κ3) is 2.90. The van der Waals surface area contributed by atoms with Crippen molar-refractivity contribution in [2.75, 3.05) is 13.1 Å². The number of pyridine rings is 1. The lowest BCUT2D eigenvalue weighted by atomic mass is 9.79. The number of hydrogen-bond acceptors (Lipinski definition) is 5. The van der Waals surface area contributed by atoms with Crippen LogP contribution in [0, 0.1) is 5.41 Å². The number of carbonyl (C=O) groups excluding carboxylic acids is 1. The second kappa shape index (κ2) is 5.55. The minimum atomic E-state index is -0.172. The van der Waals surface area contributed by atoms with E-state index in [9.17, 15) is 4.79 Å². The molecule has 6 nitrogen and oxygen atoms in total. The van der Waals surface area contributed by atoms with Crippen molar-refractivity contribution >= 4 is 17.0 Å². The Labute approximate surface area is 142 Å². The lowest BCUT2D eigenvalue weighted by Crippen LogP contribution is -2.54. The molecule has 1 aliphatic heterocycles. The molecular formula is C18H26N4O2. The molecular weight excluding hydrogens is 304 g/mol. The van der Waals surface area contributed by atoms with Crippen LogP contribution in [0.25, 0.3) is 11.1 Å². The highest BCUT2D eigenvalue weighted by molar-refractivity contribution is 5.97. The summed E-state index contributed by atoms with van der Waals surface area (Å²) in [7, 11) is 0. The molecule has 1 amide bonds. The molecule has 2 aromatic rings. The first-order valence-corrected chi connectivity index (χ1v) is 8.40. The highest BCUT2D eigenvalue weighted by atomic mass is 16.5. The molecule has 1 fully saturated rings. The summed E-state index contributed by atoms with van der Waals surface area (Å²) in [5.74, 6) is -0.00886. The van der Waals surface area contributed by atoms with E-state index in [0.29, 0.717) is 24.4 Å². The Hall–Kier alpha value is -1.95. The Morgan fingerprint density at radius 3 is 2.75 bits per heavy atom. The van der Waals surface area contributed by atoms with Gasteiger partial charge in [-0.1, -0.05) is 39.8 Å². The molecule has 3 rings (SSSR count). The van der Waals surface area contributed by atoms with E-state index in [1.807, 2.05) is 11.0 Å². The fourth-order valence-corrected chi connectivity index (χ4v) is 3.22. The van der Waals surface area contributed by atoms with E-state index in [0.717, 1.165) is 17.5 Å². The Bertz CT molecular complexity index is 773. The van der Waals surface area contributed by atoms with Crippen molar-refractivity contribution in [1.82, 2.24) is 15.0 Å². The lowest BCUT2D eigenvalue weighted by molar-refractivity contribution is 0.0533. The number of nitrogens with zero attached hydrogens (tertiary/aromatic N) is 3. The lowest BCUT2D eigenvalue weighted by Gasteiger charge is -2.42. The number of aromatic nitrogens is 2. The van der Waals surface area contributed by atoms with E-state index in [2.05, 4.69) is 44.8 Å². The summed E-state index contributed by atoms with van der Waals surface area (Å²) in [6.07, 6.45) is 2.39. The van der Waals surface area contributed by atoms with E-state index >= 15 is 0 Å². The molecule has 130 valence electrons. The largest absolute Gasteiger partial charge is 0.338 e. The van der Waals surface area contributed by atoms with Crippen molar-refractivity contribution < 1.29 is 9.32 Å². The fourth-order valence-electron chi connectivity index (χ4n) is 3.22. The van der Waals surface area contributed by atoms with Gasteiger partial charge in [-0.2, -0.15) is 0 Å². The molecule has 0 aliphatic carbocycles. The second-order valence-electron chi connectivity index (χ2n) is 8.47. The van der Waals surface area contributed by atoms with Crippen molar-refractivity contribution in [3.63, 3.8) is 0 Å². The van der Waals surface area contributed by atoms with Crippen molar-refractivity contribution in [3.05, 3.63) is 23.5 Å². The Kier molecular flexibility index (Phi) is 3.91. The van der Waals surface area contributed by atoms with Crippen LogP contribution in [0.15, 0.2) is 16.8 Å². The average molecular weight is 330 g/mol. The topological polar surface area (TPSA) is 85.2 Å². The number of likely N-dealkylation sites (tertiary alicyclic amines) is 1. The van der Waals surface area contributed by atoms with Gasteiger partial charge in [-0.05, 0) is 17.9 Å². The predicted molar refractivity (Wildman–Crippen MR) is 92.8 cm³/mol. The Morgan fingerprint density at radius 2 is 2.12 bits per heavy atom. The summed E-state index contributed by atoms with van der Waals surface area (Å²) in [6.45, 7) is 11.7. The molecule has 6 heteroatoms. The molecule has 2 N–H and O–H groups in total. The molecule has 2 aromatic heterocycles. The van der Waals surface area contributed by atoms with Crippen molar-refractivity contribution in [2.45, 2.75) is 52.5 Å². The summed E-state index contributed by atoms with van der Waals surface area (Å²) >= 11 is 0. The summed E-state index contributed by atoms with van der Waals surface area (Å²) in [5.41, 5.74) is 7.78. The van der Waals surface area contributed by atoms with E-state index in [1.54, 1.807) is 6.20 Å². The molecule has 24 heavy (non-hydrogen) atoms. The summed E-state index contributed by atoms with van der Waals surface area (Å²) < 4.78 is 5.30. The molecule has 0 bridgehead atoms. The van der Waals surface area contributed by atoms with Gasteiger partial charge >= 0.3 is 0 Å². The minimum Gasteiger partial charge on any atom is -0.338 e. The molecule has 0 spiro atoms. The van der Waals surface area contributed by atoms with Crippen LogP contribution in [0.2, 0.25) is 0 Å². The van der Waals surface area contributed by atoms with Crippen LogP contribution in [0.4, 0.5) is 0 Å². The van der Waals surface area contributed by atoms with Gasteiger partial charge in [0.25, 0.3) is 11.6 Å². The Morgan fingerprint density at radius 1 is 1.42 bits per heavy atom. The quantitative estimate of drug-likeness (QED) is 0.869. The normalized spacial score (nSPS) is 21.2. The van der Waals surface area contributed by atoms with Gasteiger partial charge in [0, 0.05) is 30.7 Å². The third-order valence-electron chi connectivity index (χ3n) is 4.89. The smallest absolute Gasteiger partial charge is 0.257 e.